The third kappa shape index (κ3) is 3.58. The first kappa shape index (κ1) is 14.1. The number of halogens is 1. The second kappa shape index (κ2) is 6.72. The normalized spacial score (nSPS) is 10.3. The van der Waals surface area contributed by atoms with Gasteiger partial charge in [-0.15, -0.1) is 0 Å². The molecule has 0 amide bonds. The largest absolute Gasteiger partial charge is 0.487 e. The van der Waals surface area contributed by atoms with Gasteiger partial charge in [-0.05, 0) is 12.1 Å². The highest BCUT2D eigenvalue weighted by Gasteiger charge is 2.05. The summed E-state index contributed by atoms with van der Waals surface area (Å²) >= 11 is 0. The van der Waals surface area contributed by atoms with Crippen LogP contribution in [-0.4, -0.2) is 18.3 Å². The molecule has 20 heavy (non-hydrogen) atoms. The Hall–Kier alpha value is -2.34. The number of hydrogen-bond acceptors (Lipinski definition) is 5. The molecule has 2 aromatic rings. The van der Waals surface area contributed by atoms with Crippen molar-refractivity contribution in [1.82, 2.24) is 0 Å². The molecule has 1 N–H and O–H groups in total. The summed E-state index contributed by atoms with van der Waals surface area (Å²) in [5, 5.41) is 8.79. The average Bonchev–Trinajstić information content (AvgIpc) is 2.46. The molecule has 0 fully saturated rings. The molecule has 0 spiro atoms. The average molecular weight is 280 g/mol. The Morgan fingerprint density at radius 2 is 1.85 bits per heavy atom. The van der Waals surface area contributed by atoms with E-state index in [1.807, 2.05) is 0 Å². The zero-order chi connectivity index (χ0) is 14.4. The fraction of sp³-hybridized carbons (Fsp3) is 0.214. The van der Waals surface area contributed by atoms with Crippen LogP contribution in [0.1, 0.15) is 5.76 Å². The molecule has 2 rings (SSSR count). The summed E-state index contributed by atoms with van der Waals surface area (Å²) in [4.78, 5) is 11.5. The van der Waals surface area contributed by atoms with Gasteiger partial charge in [0.15, 0.2) is 11.6 Å². The molecule has 5 nitrogen and oxygen atoms in total. The zero-order valence-corrected chi connectivity index (χ0v) is 10.5. The first-order valence-electron chi connectivity index (χ1n) is 5.93. The van der Waals surface area contributed by atoms with E-state index in [2.05, 4.69) is 0 Å². The van der Waals surface area contributed by atoms with Crippen molar-refractivity contribution < 1.29 is 23.4 Å². The van der Waals surface area contributed by atoms with Gasteiger partial charge in [-0.25, -0.2) is 4.39 Å². The number of ether oxygens (including phenoxy) is 2. The molecule has 0 aliphatic heterocycles. The molecule has 0 saturated carbocycles. The Kier molecular flexibility index (Phi) is 4.73. The topological polar surface area (TPSA) is 68.9 Å². The number of hydrogen-bond donors (Lipinski definition) is 1. The fourth-order valence-corrected chi connectivity index (χ4v) is 1.49. The molecular weight excluding hydrogens is 267 g/mol. The first-order valence-corrected chi connectivity index (χ1v) is 5.93. The summed E-state index contributed by atoms with van der Waals surface area (Å²) in [7, 11) is 0. The van der Waals surface area contributed by atoms with Gasteiger partial charge in [0.2, 0.25) is 11.2 Å². The molecule has 1 heterocycles. The van der Waals surface area contributed by atoms with Crippen molar-refractivity contribution >= 4 is 0 Å². The fourth-order valence-electron chi connectivity index (χ4n) is 1.49. The van der Waals surface area contributed by atoms with Crippen molar-refractivity contribution in [3.63, 3.8) is 0 Å². The Morgan fingerprint density at radius 1 is 1.15 bits per heavy atom. The van der Waals surface area contributed by atoms with Crippen LogP contribution in [-0.2, 0) is 6.61 Å². The summed E-state index contributed by atoms with van der Waals surface area (Å²) in [6.45, 7) is -0.203. The van der Waals surface area contributed by atoms with Crippen LogP contribution < -0.4 is 14.9 Å². The van der Waals surface area contributed by atoms with E-state index in [1.165, 1.54) is 12.1 Å². The highest BCUT2D eigenvalue weighted by Crippen LogP contribution is 2.15. The molecule has 106 valence electrons. The number of para-hydroxylation sites is 1. The van der Waals surface area contributed by atoms with Crippen molar-refractivity contribution in [3.8, 4) is 11.5 Å². The smallest absolute Gasteiger partial charge is 0.227 e. The predicted molar refractivity (Wildman–Crippen MR) is 68.3 cm³/mol. The van der Waals surface area contributed by atoms with Crippen LogP contribution in [0, 0.1) is 5.82 Å². The molecule has 1 aromatic carbocycles. The molecule has 0 radical (unpaired) electrons. The Balaban J connectivity index is 1.85. The van der Waals surface area contributed by atoms with Crippen LogP contribution in [0.4, 0.5) is 4.39 Å². The highest BCUT2D eigenvalue weighted by atomic mass is 19.1. The van der Waals surface area contributed by atoms with Gasteiger partial charge in [-0.2, -0.15) is 0 Å². The third-order valence-corrected chi connectivity index (χ3v) is 2.44. The van der Waals surface area contributed by atoms with Crippen LogP contribution in [0.5, 0.6) is 11.5 Å². The monoisotopic (exact) mass is 280 g/mol. The van der Waals surface area contributed by atoms with Crippen molar-refractivity contribution in [1.29, 1.82) is 0 Å². The molecule has 0 atom stereocenters. The van der Waals surface area contributed by atoms with E-state index in [9.17, 15) is 9.18 Å². The summed E-state index contributed by atoms with van der Waals surface area (Å²) < 4.78 is 28.5. The molecule has 0 unspecified atom stereocenters. The molecular formula is C14H13FO5. The van der Waals surface area contributed by atoms with E-state index in [0.29, 0.717) is 0 Å². The van der Waals surface area contributed by atoms with Gasteiger partial charge in [-0.3, -0.25) is 4.79 Å². The van der Waals surface area contributed by atoms with Crippen LogP contribution in [0.2, 0.25) is 0 Å². The van der Waals surface area contributed by atoms with Gasteiger partial charge in [-0.1, -0.05) is 12.1 Å². The van der Waals surface area contributed by atoms with Gasteiger partial charge in [0.05, 0.1) is 0 Å². The maximum absolute atomic E-state index is 13.2. The maximum atomic E-state index is 13.2. The lowest BCUT2D eigenvalue weighted by Gasteiger charge is -2.08. The SMILES string of the molecule is O=c1cc(CO)occ1OCCOc1ccccc1F. The van der Waals surface area contributed by atoms with Crippen LogP contribution in [0.15, 0.2) is 45.8 Å². The third-order valence-electron chi connectivity index (χ3n) is 2.44. The Bertz CT molecular complexity index is 623. The van der Waals surface area contributed by atoms with Gasteiger partial charge in [0.25, 0.3) is 0 Å². The lowest BCUT2D eigenvalue weighted by molar-refractivity contribution is 0.202. The molecule has 0 aliphatic rings. The van der Waals surface area contributed by atoms with E-state index < -0.39 is 11.2 Å². The standard InChI is InChI=1S/C14H13FO5/c15-11-3-1-2-4-13(11)18-5-6-19-14-9-20-10(8-16)7-12(14)17/h1-4,7,9,16H,5-6,8H2. The number of rotatable bonds is 6. The second-order valence-electron chi connectivity index (χ2n) is 3.86. The molecule has 1 aromatic heterocycles. The van der Waals surface area contributed by atoms with Gasteiger partial charge in [0.1, 0.15) is 31.8 Å². The van der Waals surface area contributed by atoms with Crippen LogP contribution in [0.25, 0.3) is 0 Å². The number of aliphatic hydroxyl groups is 1. The van der Waals surface area contributed by atoms with Crippen molar-refractivity contribution in [2.75, 3.05) is 13.2 Å². The lowest BCUT2D eigenvalue weighted by Crippen LogP contribution is -2.14. The lowest BCUT2D eigenvalue weighted by atomic mass is 10.3. The predicted octanol–water partition coefficient (Wildman–Crippen LogP) is 1.73. The molecule has 6 heteroatoms. The number of aliphatic hydroxyl groups excluding tert-OH is 1. The van der Waals surface area contributed by atoms with E-state index in [-0.39, 0.29) is 37.1 Å². The highest BCUT2D eigenvalue weighted by molar-refractivity contribution is 5.23. The van der Waals surface area contributed by atoms with Crippen molar-refractivity contribution in [2.45, 2.75) is 6.61 Å². The van der Waals surface area contributed by atoms with Gasteiger partial charge >= 0.3 is 0 Å². The molecule has 0 saturated heterocycles. The summed E-state index contributed by atoms with van der Waals surface area (Å²) in [6.07, 6.45) is 1.12. The number of benzene rings is 1. The van der Waals surface area contributed by atoms with E-state index >= 15 is 0 Å². The van der Waals surface area contributed by atoms with Crippen molar-refractivity contribution in [2.24, 2.45) is 0 Å². The van der Waals surface area contributed by atoms with Crippen LogP contribution >= 0.6 is 0 Å². The quantitative estimate of drug-likeness (QED) is 0.816. The molecule has 0 bridgehead atoms. The zero-order valence-electron chi connectivity index (χ0n) is 10.5. The summed E-state index contributed by atoms with van der Waals surface area (Å²) in [6, 6.07) is 7.15. The molecule has 0 aliphatic carbocycles. The van der Waals surface area contributed by atoms with Gasteiger partial charge in [0, 0.05) is 6.07 Å². The van der Waals surface area contributed by atoms with Crippen molar-refractivity contribution in [3.05, 3.63) is 58.4 Å². The van der Waals surface area contributed by atoms with E-state index in [4.69, 9.17) is 19.0 Å². The minimum Gasteiger partial charge on any atom is -0.487 e. The Morgan fingerprint density at radius 3 is 2.50 bits per heavy atom. The summed E-state index contributed by atoms with van der Waals surface area (Å²) in [5.74, 6) is -0.164. The first-order chi connectivity index (χ1) is 9.70. The summed E-state index contributed by atoms with van der Waals surface area (Å²) in [5.41, 5.74) is -0.397. The second-order valence-corrected chi connectivity index (χ2v) is 3.86. The van der Waals surface area contributed by atoms with Gasteiger partial charge < -0.3 is 19.0 Å². The minimum atomic E-state index is -0.459. The minimum absolute atomic E-state index is 0.0133. The Labute approximate surface area is 114 Å². The van der Waals surface area contributed by atoms with Crippen LogP contribution in [0.3, 0.4) is 0 Å². The maximum Gasteiger partial charge on any atom is 0.227 e. The van der Waals surface area contributed by atoms with E-state index in [1.54, 1.807) is 12.1 Å². The van der Waals surface area contributed by atoms with E-state index in [0.717, 1.165) is 12.3 Å².